The molecule has 0 aliphatic rings. The second kappa shape index (κ2) is 7.78. The van der Waals surface area contributed by atoms with Gasteiger partial charge in [-0.25, -0.2) is 4.79 Å². The first kappa shape index (κ1) is 17.0. The number of aryl methyl sites for hydroxylation is 1. The third-order valence-corrected chi connectivity index (χ3v) is 3.68. The number of methoxy groups -OCH3 is 1. The molecule has 0 fully saturated rings. The van der Waals surface area contributed by atoms with Crippen molar-refractivity contribution < 1.29 is 9.53 Å². The highest BCUT2D eigenvalue weighted by Crippen LogP contribution is 2.20. The summed E-state index contributed by atoms with van der Waals surface area (Å²) in [6.07, 6.45) is 1.90. The molecule has 2 amide bonds. The fourth-order valence-corrected chi connectivity index (χ4v) is 2.43. The summed E-state index contributed by atoms with van der Waals surface area (Å²) in [5, 5.41) is 10.2. The van der Waals surface area contributed by atoms with E-state index >= 15 is 0 Å². The third kappa shape index (κ3) is 4.56. The van der Waals surface area contributed by atoms with Gasteiger partial charge < -0.3 is 15.4 Å². The second-order valence-corrected chi connectivity index (χ2v) is 5.60. The van der Waals surface area contributed by atoms with Crippen molar-refractivity contribution >= 4 is 6.03 Å². The topological polar surface area (TPSA) is 68.2 Å². The number of nitrogens with one attached hydrogen (secondary N) is 2. The predicted octanol–water partition coefficient (Wildman–Crippen LogP) is 2.26. The molecule has 23 heavy (non-hydrogen) atoms. The molecule has 6 heteroatoms. The summed E-state index contributed by atoms with van der Waals surface area (Å²) in [4.78, 5) is 12.2. The lowest BCUT2D eigenvalue weighted by Crippen LogP contribution is -2.50. The molecule has 0 saturated carbocycles. The quantitative estimate of drug-likeness (QED) is 0.823. The maximum absolute atomic E-state index is 12.2. The first-order valence-electron chi connectivity index (χ1n) is 7.70. The van der Waals surface area contributed by atoms with Crippen molar-refractivity contribution in [1.29, 1.82) is 0 Å². The Labute approximate surface area is 136 Å². The normalized spacial score (nSPS) is 13.3. The minimum absolute atomic E-state index is 0.251. The van der Waals surface area contributed by atoms with Crippen LogP contribution in [0, 0.1) is 0 Å². The van der Waals surface area contributed by atoms with Crippen LogP contribution < -0.4 is 10.6 Å². The van der Waals surface area contributed by atoms with Gasteiger partial charge in [-0.1, -0.05) is 30.3 Å². The molecule has 0 saturated heterocycles. The van der Waals surface area contributed by atoms with E-state index in [9.17, 15) is 4.79 Å². The Balaban J connectivity index is 1.98. The van der Waals surface area contributed by atoms with Crippen LogP contribution in [0.15, 0.2) is 42.6 Å². The van der Waals surface area contributed by atoms with Crippen LogP contribution in [0.2, 0.25) is 0 Å². The molecule has 124 valence electrons. The smallest absolute Gasteiger partial charge is 0.315 e. The van der Waals surface area contributed by atoms with E-state index in [2.05, 4.69) is 15.7 Å². The number of nitrogens with zero attached hydrogens (tertiary/aromatic N) is 2. The number of benzene rings is 1. The number of rotatable bonds is 7. The molecule has 0 aliphatic heterocycles. The zero-order chi connectivity index (χ0) is 16.7. The van der Waals surface area contributed by atoms with Crippen LogP contribution in [0.5, 0.6) is 0 Å². The number of hydrogen-bond donors (Lipinski definition) is 2. The van der Waals surface area contributed by atoms with Crippen LogP contribution >= 0.6 is 0 Å². The molecule has 1 aromatic carbocycles. The summed E-state index contributed by atoms with van der Waals surface area (Å²) in [6.45, 7) is 5.54. The summed E-state index contributed by atoms with van der Waals surface area (Å²) < 4.78 is 7.11. The van der Waals surface area contributed by atoms with Crippen molar-refractivity contribution in [3.63, 3.8) is 0 Å². The Kier molecular flexibility index (Phi) is 5.76. The molecule has 0 spiro atoms. The standard InChI is InChI=1S/C17H24N4O2/c1-4-21-11-10-15(20-21)12-18-16(22)19-17(2,13-23-3)14-8-6-5-7-9-14/h5-11H,4,12-13H2,1-3H3,(H2,18,19,22)/t17-/m0/s1. The molecular weight excluding hydrogens is 292 g/mol. The molecule has 1 heterocycles. The van der Waals surface area contributed by atoms with Gasteiger partial charge in [0, 0.05) is 19.9 Å². The monoisotopic (exact) mass is 316 g/mol. The van der Waals surface area contributed by atoms with Crippen LogP contribution in [0.25, 0.3) is 0 Å². The van der Waals surface area contributed by atoms with Crippen molar-refractivity contribution in [2.45, 2.75) is 32.5 Å². The van der Waals surface area contributed by atoms with Gasteiger partial charge in [-0.05, 0) is 25.5 Å². The van der Waals surface area contributed by atoms with E-state index in [0.29, 0.717) is 13.2 Å². The average Bonchev–Trinajstić information content (AvgIpc) is 3.02. The maximum Gasteiger partial charge on any atom is 0.315 e. The summed E-state index contributed by atoms with van der Waals surface area (Å²) in [6, 6.07) is 11.4. The molecule has 1 aromatic heterocycles. The third-order valence-electron chi connectivity index (χ3n) is 3.68. The molecular formula is C17H24N4O2. The van der Waals surface area contributed by atoms with E-state index in [0.717, 1.165) is 17.8 Å². The zero-order valence-electron chi connectivity index (χ0n) is 13.9. The fraction of sp³-hybridized carbons (Fsp3) is 0.412. The lowest BCUT2D eigenvalue weighted by molar-refractivity contribution is 0.121. The summed E-state index contributed by atoms with van der Waals surface area (Å²) >= 11 is 0. The number of amides is 2. The maximum atomic E-state index is 12.2. The highest BCUT2D eigenvalue weighted by Gasteiger charge is 2.28. The molecule has 6 nitrogen and oxygen atoms in total. The van der Waals surface area contributed by atoms with Gasteiger partial charge in [0.25, 0.3) is 0 Å². The summed E-state index contributed by atoms with van der Waals surface area (Å²) in [5.41, 5.74) is 1.23. The minimum Gasteiger partial charge on any atom is -0.382 e. The predicted molar refractivity (Wildman–Crippen MR) is 88.9 cm³/mol. The van der Waals surface area contributed by atoms with E-state index in [4.69, 9.17) is 4.74 Å². The van der Waals surface area contributed by atoms with Crippen LogP contribution in [-0.2, 0) is 23.4 Å². The van der Waals surface area contributed by atoms with Crippen molar-refractivity contribution in [1.82, 2.24) is 20.4 Å². The average molecular weight is 316 g/mol. The first-order valence-corrected chi connectivity index (χ1v) is 7.70. The van der Waals surface area contributed by atoms with Gasteiger partial charge in [0.15, 0.2) is 0 Å². The number of carbonyl (C=O) groups excluding carboxylic acids is 1. The van der Waals surface area contributed by atoms with Gasteiger partial charge in [0.05, 0.1) is 24.4 Å². The molecule has 0 unspecified atom stereocenters. The van der Waals surface area contributed by atoms with E-state index in [1.54, 1.807) is 7.11 Å². The van der Waals surface area contributed by atoms with Gasteiger partial charge in [0.2, 0.25) is 0 Å². The van der Waals surface area contributed by atoms with Crippen LogP contribution in [-0.4, -0.2) is 29.5 Å². The van der Waals surface area contributed by atoms with Gasteiger partial charge in [-0.15, -0.1) is 0 Å². The molecule has 0 aliphatic carbocycles. The lowest BCUT2D eigenvalue weighted by atomic mass is 9.93. The number of carbonyl (C=O) groups is 1. The van der Waals surface area contributed by atoms with Gasteiger partial charge in [0.1, 0.15) is 0 Å². The molecule has 2 N–H and O–H groups in total. The Hall–Kier alpha value is -2.34. The molecule has 0 bridgehead atoms. The Morgan fingerprint density at radius 3 is 2.65 bits per heavy atom. The summed E-state index contributed by atoms with van der Waals surface area (Å²) in [5.74, 6) is 0. The minimum atomic E-state index is -0.594. The zero-order valence-corrected chi connectivity index (χ0v) is 13.9. The highest BCUT2D eigenvalue weighted by molar-refractivity contribution is 5.75. The lowest BCUT2D eigenvalue weighted by Gasteiger charge is -2.30. The van der Waals surface area contributed by atoms with Crippen LogP contribution in [0.4, 0.5) is 4.79 Å². The molecule has 1 atom stereocenters. The van der Waals surface area contributed by atoms with Crippen molar-refractivity contribution in [3.05, 3.63) is 53.9 Å². The van der Waals surface area contributed by atoms with Crippen LogP contribution in [0.3, 0.4) is 0 Å². The Morgan fingerprint density at radius 1 is 1.30 bits per heavy atom. The molecule has 2 aromatic rings. The van der Waals surface area contributed by atoms with E-state index in [-0.39, 0.29) is 6.03 Å². The van der Waals surface area contributed by atoms with E-state index < -0.39 is 5.54 Å². The number of hydrogen-bond acceptors (Lipinski definition) is 3. The second-order valence-electron chi connectivity index (χ2n) is 5.60. The molecule has 0 radical (unpaired) electrons. The van der Waals surface area contributed by atoms with Gasteiger partial charge in [-0.2, -0.15) is 5.10 Å². The number of aromatic nitrogens is 2. The van der Waals surface area contributed by atoms with Gasteiger partial charge in [-0.3, -0.25) is 4.68 Å². The Morgan fingerprint density at radius 2 is 2.04 bits per heavy atom. The summed E-state index contributed by atoms with van der Waals surface area (Å²) in [7, 11) is 1.62. The van der Waals surface area contributed by atoms with Gasteiger partial charge >= 0.3 is 6.03 Å². The molecule has 2 rings (SSSR count). The fourth-order valence-electron chi connectivity index (χ4n) is 2.43. The van der Waals surface area contributed by atoms with Crippen LogP contribution in [0.1, 0.15) is 25.1 Å². The number of urea groups is 1. The number of ether oxygens (including phenoxy) is 1. The SMILES string of the molecule is CCn1ccc(CNC(=O)N[C@@](C)(COC)c2ccccc2)n1. The van der Waals surface area contributed by atoms with E-state index in [1.165, 1.54) is 0 Å². The highest BCUT2D eigenvalue weighted by atomic mass is 16.5. The van der Waals surface area contributed by atoms with Crippen molar-refractivity contribution in [2.24, 2.45) is 0 Å². The van der Waals surface area contributed by atoms with Crippen molar-refractivity contribution in [2.75, 3.05) is 13.7 Å². The largest absolute Gasteiger partial charge is 0.382 e. The van der Waals surface area contributed by atoms with Crippen molar-refractivity contribution in [3.8, 4) is 0 Å². The Bertz CT molecular complexity index is 627. The van der Waals surface area contributed by atoms with E-state index in [1.807, 2.05) is 61.1 Å². The first-order chi connectivity index (χ1) is 11.1.